The molecule has 0 aliphatic carbocycles. The summed E-state index contributed by atoms with van der Waals surface area (Å²) < 4.78 is 5.46. The number of hydrogen-bond donors (Lipinski definition) is 2. The molecule has 0 radical (unpaired) electrons. The first-order chi connectivity index (χ1) is 8.81. The van der Waals surface area contributed by atoms with Crippen molar-refractivity contribution in [2.75, 3.05) is 20.2 Å². The van der Waals surface area contributed by atoms with Gasteiger partial charge in [0.05, 0.1) is 6.61 Å². The number of aliphatic imine (C=N–C) groups is 1. The Labute approximate surface area is 131 Å². The Morgan fingerprint density at radius 2 is 2.32 bits per heavy atom. The molecule has 0 saturated heterocycles. The zero-order chi connectivity index (χ0) is 13.2. The summed E-state index contributed by atoms with van der Waals surface area (Å²) in [5.41, 5.74) is 1.00. The molecule has 0 atom stereocenters. The first-order valence-electron chi connectivity index (χ1n) is 5.94. The van der Waals surface area contributed by atoms with Crippen LogP contribution in [0.25, 0.3) is 0 Å². The summed E-state index contributed by atoms with van der Waals surface area (Å²) in [6, 6.07) is 3.87. The Kier molecular flexibility index (Phi) is 9.87. The van der Waals surface area contributed by atoms with E-state index in [1.807, 2.05) is 19.1 Å². The third-order valence-corrected chi connectivity index (χ3v) is 2.21. The fraction of sp³-hybridized carbons (Fsp3) is 0.385. The molecule has 1 aromatic rings. The van der Waals surface area contributed by atoms with Crippen molar-refractivity contribution in [1.29, 1.82) is 0 Å². The van der Waals surface area contributed by atoms with Gasteiger partial charge in [0.15, 0.2) is 5.96 Å². The van der Waals surface area contributed by atoms with Gasteiger partial charge in [-0.3, -0.25) is 4.99 Å². The van der Waals surface area contributed by atoms with Crippen LogP contribution in [0, 0.1) is 0 Å². The molecule has 0 spiro atoms. The fourth-order valence-corrected chi connectivity index (χ4v) is 1.39. The second kappa shape index (κ2) is 10.6. The number of nitrogens with one attached hydrogen (secondary N) is 2. The highest BCUT2D eigenvalue weighted by Crippen LogP contribution is 2.13. The lowest BCUT2D eigenvalue weighted by Gasteiger charge is -2.12. The van der Waals surface area contributed by atoms with Crippen molar-refractivity contribution in [3.8, 4) is 5.88 Å². The van der Waals surface area contributed by atoms with Crippen LogP contribution < -0.4 is 15.4 Å². The smallest absolute Gasteiger partial charge is 0.218 e. The largest absolute Gasteiger partial charge is 0.478 e. The van der Waals surface area contributed by atoms with Crippen molar-refractivity contribution in [2.24, 2.45) is 4.99 Å². The van der Waals surface area contributed by atoms with Crippen molar-refractivity contribution in [2.45, 2.75) is 13.5 Å². The van der Waals surface area contributed by atoms with Crippen molar-refractivity contribution in [3.05, 3.63) is 36.5 Å². The highest BCUT2D eigenvalue weighted by molar-refractivity contribution is 14.0. The molecule has 0 aliphatic heterocycles. The van der Waals surface area contributed by atoms with Gasteiger partial charge in [0, 0.05) is 31.9 Å². The van der Waals surface area contributed by atoms with Gasteiger partial charge >= 0.3 is 0 Å². The van der Waals surface area contributed by atoms with E-state index < -0.39 is 0 Å². The molecular weight excluding hydrogens is 355 g/mol. The SMILES string of the molecule is C=CCNC(=NC)NCc1cccnc1OCC.I. The Morgan fingerprint density at radius 1 is 1.53 bits per heavy atom. The maximum Gasteiger partial charge on any atom is 0.218 e. The molecule has 106 valence electrons. The molecule has 5 nitrogen and oxygen atoms in total. The zero-order valence-electron chi connectivity index (χ0n) is 11.3. The third-order valence-electron chi connectivity index (χ3n) is 2.21. The first kappa shape index (κ1) is 17.7. The van der Waals surface area contributed by atoms with E-state index in [4.69, 9.17) is 4.74 Å². The first-order valence-corrected chi connectivity index (χ1v) is 5.94. The van der Waals surface area contributed by atoms with E-state index >= 15 is 0 Å². The zero-order valence-corrected chi connectivity index (χ0v) is 13.7. The van der Waals surface area contributed by atoms with Crippen LogP contribution in [0.1, 0.15) is 12.5 Å². The van der Waals surface area contributed by atoms with E-state index in [0.717, 1.165) is 11.5 Å². The van der Waals surface area contributed by atoms with Crippen LogP contribution in [-0.2, 0) is 6.54 Å². The number of rotatable bonds is 6. The molecule has 19 heavy (non-hydrogen) atoms. The van der Waals surface area contributed by atoms with Gasteiger partial charge in [-0.1, -0.05) is 12.1 Å². The van der Waals surface area contributed by atoms with E-state index in [9.17, 15) is 0 Å². The summed E-state index contributed by atoms with van der Waals surface area (Å²) in [6.45, 7) is 7.48. The lowest BCUT2D eigenvalue weighted by molar-refractivity contribution is 0.322. The fourth-order valence-electron chi connectivity index (χ4n) is 1.39. The number of hydrogen-bond acceptors (Lipinski definition) is 3. The van der Waals surface area contributed by atoms with E-state index in [1.54, 1.807) is 19.3 Å². The van der Waals surface area contributed by atoms with Crippen LogP contribution in [0.15, 0.2) is 36.0 Å². The van der Waals surface area contributed by atoms with Crippen molar-refractivity contribution in [1.82, 2.24) is 15.6 Å². The predicted octanol–water partition coefficient (Wildman–Crippen LogP) is 1.95. The molecule has 0 amide bonds. The predicted molar refractivity (Wildman–Crippen MR) is 89.2 cm³/mol. The number of pyridine rings is 1. The molecule has 0 fully saturated rings. The van der Waals surface area contributed by atoms with Crippen LogP contribution in [0.3, 0.4) is 0 Å². The van der Waals surface area contributed by atoms with Crippen molar-refractivity contribution < 1.29 is 4.74 Å². The highest BCUT2D eigenvalue weighted by Gasteiger charge is 2.04. The molecule has 0 unspecified atom stereocenters. The summed E-state index contributed by atoms with van der Waals surface area (Å²) in [5.74, 6) is 1.38. The third kappa shape index (κ3) is 6.42. The lowest BCUT2D eigenvalue weighted by atomic mass is 10.2. The van der Waals surface area contributed by atoms with Crippen LogP contribution in [0.4, 0.5) is 0 Å². The molecule has 1 aromatic heterocycles. The average Bonchev–Trinajstić information content (AvgIpc) is 2.41. The minimum absolute atomic E-state index is 0. The number of nitrogens with zero attached hydrogens (tertiary/aromatic N) is 2. The molecular formula is C13H21IN4O. The highest BCUT2D eigenvalue weighted by atomic mass is 127. The Hall–Kier alpha value is -1.31. The molecule has 6 heteroatoms. The van der Waals surface area contributed by atoms with Gasteiger partial charge in [0.2, 0.25) is 5.88 Å². The minimum atomic E-state index is 0. The molecule has 0 aliphatic rings. The Balaban J connectivity index is 0.00000324. The number of guanidine groups is 1. The van der Waals surface area contributed by atoms with Gasteiger partial charge in [0.25, 0.3) is 0 Å². The summed E-state index contributed by atoms with van der Waals surface area (Å²) in [6.07, 6.45) is 3.50. The summed E-state index contributed by atoms with van der Waals surface area (Å²) in [5, 5.41) is 6.29. The van der Waals surface area contributed by atoms with E-state index in [-0.39, 0.29) is 24.0 Å². The maximum atomic E-state index is 5.46. The second-order valence-corrected chi connectivity index (χ2v) is 3.50. The van der Waals surface area contributed by atoms with Crippen LogP contribution in [0.5, 0.6) is 5.88 Å². The van der Waals surface area contributed by atoms with Crippen LogP contribution in [-0.4, -0.2) is 31.1 Å². The maximum absolute atomic E-state index is 5.46. The van der Waals surface area contributed by atoms with Crippen molar-refractivity contribution >= 4 is 29.9 Å². The van der Waals surface area contributed by atoms with Gasteiger partial charge in [-0.15, -0.1) is 30.6 Å². The number of aromatic nitrogens is 1. The monoisotopic (exact) mass is 376 g/mol. The molecule has 0 saturated carbocycles. The topological polar surface area (TPSA) is 58.5 Å². The summed E-state index contributed by atoms with van der Waals surface area (Å²) in [7, 11) is 1.73. The second-order valence-electron chi connectivity index (χ2n) is 3.50. The van der Waals surface area contributed by atoms with Gasteiger partial charge in [0.1, 0.15) is 0 Å². The molecule has 1 rings (SSSR count). The number of ether oxygens (including phenoxy) is 1. The Morgan fingerprint density at radius 3 is 2.95 bits per heavy atom. The lowest BCUT2D eigenvalue weighted by Crippen LogP contribution is -2.36. The van der Waals surface area contributed by atoms with E-state index in [2.05, 4.69) is 27.2 Å². The minimum Gasteiger partial charge on any atom is -0.478 e. The van der Waals surface area contributed by atoms with E-state index in [0.29, 0.717) is 25.6 Å². The normalized spacial score (nSPS) is 10.3. The summed E-state index contributed by atoms with van der Waals surface area (Å²) >= 11 is 0. The molecule has 0 aromatic carbocycles. The Bertz CT molecular complexity index is 409. The molecule has 1 heterocycles. The van der Waals surface area contributed by atoms with Crippen LogP contribution >= 0.6 is 24.0 Å². The van der Waals surface area contributed by atoms with Crippen LogP contribution in [0.2, 0.25) is 0 Å². The average molecular weight is 376 g/mol. The quantitative estimate of drug-likeness (QED) is 0.345. The van der Waals surface area contributed by atoms with Crippen molar-refractivity contribution in [3.63, 3.8) is 0 Å². The molecule has 2 N–H and O–H groups in total. The summed E-state index contributed by atoms with van der Waals surface area (Å²) in [4.78, 5) is 8.30. The molecule has 0 bridgehead atoms. The van der Waals surface area contributed by atoms with Gasteiger partial charge < -0.3 is 15.4 Å². The van der Waals surface area contributed by atoms with Gasteiger partial charge in [-0.2, -0.15) is 0 Å². The van der Waals surface area contributed by atoms with Gasteiger partial charge in [-0.25, -0.2) is 4.98 Å². The van der Waals surface area contributed by atoms with Gasteiger partial charge in [-0.05, 0) is 13.0 Å². The van der Waals surface area contributed by atoms with E-state index in [1.165, 1.54) is 0 Å². The standard InChI is InChI=1S/C13H20N4O.HI/c1-4-8-16-13(14-3)17-10-11-7-6-9-15-12(11)18-5-2;/h4,6-7,9H,1,5,8,10H2,2-3H3,(H2,14,16,17);1H. The number of halogens is 1.